The maximum absolute atomic E-state index is 15.0. The first-order chi connectivity index (χ1) is 15.5. The summed E-state index contributed by atoms with van der Waals surface area (Å²) in [5.41, 5.74) is 0. The number of unbranched alkanes of at least 4 members (excludes halogenated alkanes) is 3. The van der Waals surface area contributed by atoms with E-state index < -0.39 is 18.4 Å². The topological polar surface area (TPSA) is 40.7 Å². The molecule has 3 aliphatic rings. The zero-order valence-corrected chi connectivity index (χ0v) is 21.9. The Morgan fingerprint density at radius 1 is 0.727 bits per heavy atom. The van der Waals surface area contributed by atoms with E-state index in [2.05, 4.69) is 13.8 Å². The van der Waals surface area contributed by atoms with E-state index in [1.807, 2.05) is 6.92 Å². The summed E-state index contributed by atoms with van der Waals surface area (Å²) >= 11 is 0. The first-order valence-electron chi connectivity index (χ1n) is 14.4. The summed E-state index contributed by atoms with van der Waals surface area (Å²) in [6, 6.07) is 0. The van der Waals surface area contributed by atoms with Crippen molar-refractivity contribution in [1.29, 1.82) is 0 Å². The largest absolute Gasteiger partial charge is 0.412 e. The van der Waals surface area contributed by atoms with E-state index in [4.69, 9.17) is 4.74 Å². The van der Waals surface area contributed by atoms with Crippen LogP contribution in [-0.2, 0) is 4.74 Å². The molecule has 3 fully saturated rings. The Labute approximate surface area is 206 Å². The quantitative estimate of drug-likeness (QED) is 0.274. The number of halogens is 2. The van der Waals surface area contributed by atoms with Gasteiger partial charge in [0.05, 0.1) is 6.10 Å². The molecule has 0 aromatic rings. The lowest BCUT2D eigenvalue weighted by molar-refractivity contribution is -0.117. The zero-order valence-electron chi connectivity index (χ0n) is 21.9. The van der Waals surface area contributed by atoms with Crippen molar-refractivity contribution in [2.75, 3.05) is 0 Å². The monoisotopic (exact) mass is 476 g/mol. The molecule has 33 heavy (non-hydrogen) atoms. The molecular formula is C29H58F2O2. The molecule has 3 rings (SSSR count). The predicted octanol–water partition coefficient (Wildman–Crippen LogP) is 8.90. The summed E-state index contributed by atoms with van der Waals surface area (Å²) in [4.78, 5) is 0. The number of alkyl halides is 2. The van der Waals surface area contributed by atoms with Gasteiger partial charge in [-0.1, -0.05) is 65.2 Å². The third-order valence-corrected chi connectivity index (χ3v) is 9.36. The van der Waals surface area contributed by atoms with E-state index in [9.17, 15) is 0 Å². The zero-order chi connectivity index (χ0) is 22.9. The summed E-state index contributed by atoms with van der Waals surface area (Å²) in [6.07, 6.45) is 17.0. The fraction of sp³-hybridized carbons (Fsp3) is 1.00. The van der Waals surface area contributed by atoms with Crippen LogP contribution >= 0.6 is 0 Å². The van der Waals surface area contributed by atoms with Crippen molar-refractivity contribution in [3.8, 4) is 0 Å². The van der Waals surface area contributed by atoms with Gasteiger partial charge in [0, 0.05) is 2.85 Å². The van der Waals surface area contributed by atoms with Crippen LogP contribution in [0.5, 0.6) is 0 Å². The highest BCUT2D eigenvalue weighted by Gasteiger charge is 2.43. The Kier molecular flexibility index (Phi) is 13.2. The maximum Gasteiger partial charge on any atom is 0.129 e. The van der Waals surface area contributed by atoms with Gasteiger partial charge in [-0.3, -0.25) is 0 Å². The van der Waals surface area contributed by atoms with Crippen LogP contribution in [0.3, 0.4) is 0 Å². The average molecular weight is 477 g/mol. The summed E-state index contributed by atoms with van der Waals surface area (Å²) in [5.74, 6) is 3.54. The molecule has 0 aliphatic heterocycles. The highest BCUT2D eigenvalue weighted by atomic mass is 19.1. The molecule has 0 radical (unpaired) electrons. The van der Waals surface area contributed by atoms with Crippen LogP contribution in [0.2, 0.25) is 0 Å². The summed E-state index contributed by atoms with van der Waals surface area (Å²) in [5, 5.41) is 0. The number of hydrogen-bond donors (Lipinski definition) is 0. The van der Waals surface area contributed by atoms with Crippen LogP contribution in [0.4, 0.5) is 8.78 Å². The van der Waals surface area contributed by atoms with E-state index in [1.165, 1.54) is 83.5 Å². The Balaban J connectivity index is 0.00000385. The van der Waals surface area contributed by atoms with Crippen molar-refractivity contribution < 1.29 is 21.8 Å². The second kappa shape index (κ2) is 15.0. The molecule has 200 valence electrons. The molecule has 3 atom stereocenters. The molecule has 0 spiro atoms. The minimum atomic E-state index is -1.13. The Bertz CT molecular complexity index is 499. The third kappa shape index (κ3) is 8.74. The fourth-order valence-electron chi connectivity index (χ4n) is 7.36. The van der Waals surface area contributed by atoms with E-state index in [0.29, 0.717) is 18.8 Å². The van der Waals surface area contributed by atoms with Crippen molar-refractivity contribution >= 4 is 0 Å². The molecule has 0 bridgehead atoms. The second-order valence-corrected chi connectivity index (χ2v) is 11.8. The van der Waals surface area contributed by atoms with E-state index in [-0.39, 0.29) is 20.4 Å². The third-order valence-electron chi connectivity index (χ3n) is 9.36. The van der Waals surface area contributed by atoms with Gasteiger partial charge in [-0.2, -0.15) is 0 Å². The summed E-state index contributed by atoms with van der Waals surface area (Å²) in [6.45, 7) is 6.51. The number of ether oxygens (including phenoxy) is 1. The second-order valence-electron chi connectivity index (χ2n) is 11.8. The van der Waals surface area contributed by atoms with Crippen LogP contribution in [-0.4, -0.2) is 30.0 Å². The molecule has 2 nitrogen and oxygen atoms in total. The van der Waals surface area contributed by atoms with Crippen molar-refractivity contribution in [3.05, 3.63) is 0 Å². The lowest BCUT2D eigenvalue weighted by Gasteiger charge is -2.43. The van der Waals surface area contributed by atoms with Gasteiger partial charge in [0.1, 0.15) is 18.4 Å². The minimum absolute atomic E-state index is 0. The average Bonchev–Trinajstić information content (AvgIpc) is 2.80. The predicted molar refractivity (Wildman–Crippen MR) is 139 cm³/mol. The molecule has 3 saturated carbocycles. The molecule has 0 amide bonds. The highest BCUT2D eigenvalue weighted by molar-refractivity contribution is 4.92. The van der Waals surface area contributed by atoms with E-state index >= 15 is 8.78 Å². The molecule has 3 unspecified atom stereocenters. The first-order valence-corrected chi connectivity index (χ1v) is 14.4. The number of hydrogen-bond acceptors (Lipinski definition) is 1. The standard InChI is InChI=1S/C29H52F2O.H2O.2H2/c1-4-6-7-8-10-21(3)32-29-27(30)19-26(20-28(29)31)25-17-15-24(16-18-25)23-13-11-22(9-5-2)12-14-23;;;/h21-29H,4-20H2,1-3H3;1H2;2*1H. The van der Waals surface area contributed by atoms with Crippen LogP contribution in [0.25, 0.3) is 0 Å². The van der Waals surface area contributed by atoms with Crippen LogP contribution in [0.1, 0.15) is 133 Å². The van der Waals surface area contributed by atoms with Crippen molar-refractivity contribution in [1.82, 2.24) is 0 Å². The van der Waals surface area contributed by atoms with Gasteiger partial charge >= 0.3 is 0 Å². The molecule has 0 aromatic heterocycles. The van der Waals surface area contributed by atoms with Gasteiger partial charge in [0.15, 0.2) is 0 Å². The van der Waals surface area contributed by atoms with Crippen molar-refractivity contribution in [2.24, 2.45) is 29.6 Å². The van der Waals surface area contributed by atoms with Crippen molar-refractivity contribution in [3.63, 3.8) is 0 Å². The van der Waals surface area contributed by atoms with Crippen LogP contribution < -0.4 is 0 Å². The molecule has 4 heteroatoms. The summed E-state index contributed by atoms with van der Waals surface area (Å²) in [7, 11) is 0. The van der Waals surface area contributed by atoms with E-state index in [1.54, 1.807) is 0 Å². The molecule has 0 saturated heterocycles. The van der Waals surface area contributed by atoms with Crippen molar-refractivity contribution in [2.45, 2.75) is 154 Å². The van der Waals surface area contributed by atoms with E-state index in [0.717, 1.165) is 30.6 Å². The van der Waals surface area contributed by atoms with Gasteiger partial charge in [-0.25, -0.2) is 8.78 Å². The first kappa shape index (κ1) is 29.0. The highest BCUT2D eigenvalue weighted by Crippen LogP contribution is 2.46. The number of rotatable bonds is 11. The molecule has 3 aliphatic carbocycles. The van der Waals surface area contributed by atoms with Gasteiger partial charge in [-0.15, -0.1) is 0 Å². The van der Waals surface area contributed by atoms with Gasteiger partial charge < -0.3 is 10.2 Å². The van der Waals surface area contributed by atoms with Gasteiger partial charge in [0.2, 0.25) is 0 Å². The maximum atomic E-state index is 15.0. The molecule has 0 heterocycles. The Morgan fingerprint density at radius 2 is 1.24 bits per heavy atom. The molecule has 2 N–H and O–H groups in total. The lowest BCUT2D eigenvalue weighted by Crippen LogP contribution is -2.45. The molecular weight excluding hydrogens is 418 g/mol. The smallest absolute Gasteiger partial charge is 0.129 e. The molecule has 0 aromatic carbocycles. The normalized spacial score (nSPS) is 38.5. The Hall–Kier alpha value is -0.220. The van der Waals surface area contributed by atoms with Gasteiger partial charge in [-0.05, 0) is 94.3 Å². The van der Waals surface area contributed by atoms with Gasteiger partial charge in [0.25, 0.3) is 0 Å². The summed E-state index contributed by atoms with van der Waals surface area (Å²) < 4.78 is 35.9. The van der Waals surface area contributed by atoms with Crippen LogP contribution in [0.15, 0.2) is 0 Å². The minimum Gasteiger partial charge on any atom is -0.412 e. The van der Waals surface area contributed by atoms with Crippen LogP contribution in [0, 0.1) is 29.6 Å². The Morgan fingerprint density at radius 3 is 1.76 bits per heavy atom. The SMILES string of the molecule is CCCCCCC(C)OC1C(F)CC(C2CCC(C3CCC(CCC)CC3)CC2)CC1F.O.[HH].[HH]. The lowest BCUT2D eigenvalue weighted by atomic mass is 9.65. The fourth-order valence-corrected chi connectivity index (χ4v) is 7.36.